The Balaban J connectivity index is 2.06. The van der Waals surface area contributed by atoms with E-state index in [4.69, 9.17) is 10.00 Å². The zero-order valence-electron chi connectivity index (χ0n) is 17.6. The number of nitrogens with one attached hydrogen (secondary N) is 2. The van der Waals surface area contributed by atoms with E-state index in [9.17, 15) is 35.9 Å². The number of halogens is 6. The second-order valence-electron chi connectivity index (χ2n) is 7.02. The molecule has 3 aromatic carbocycles. The lowest BCUT2D eigenvalue weighted by atomic mass is 10.1. The minimum atomic E-state index is -5.15. The van der Waals surface area contributed by atoms with Crippen molar-refractivity contribution in [1.82, 2.24) is 5.32 Å². The van der Waals surface area contributed by atoms with E-state index in [2.05, 4.69) is 5.32 Å². The van der Waals surface area contributed by atoms with Gasteiger partial charge in [0, 0.05) is 5.69 Å². The molecule has 0 fully saturated rings. The number of anilines is 1. The molecular weight excluding hydrogens is 480 g/mol. The molecule has 0 aromatic heterocycles. The Morgan fingerprint density at radius 2 is 1.63 bits per heavy atom. The van der Waals surface area contributed by atoms with Crippen molar-refractivity contribution < 1.29 is 40.7 Å². The highest BCUT2D eigenvalue weighted by molar-refractivity contribution is 6.07. The number of nitriles is 1. The first kappa shape index (κ1) is 25.1. The van der Waals surface area contributed by atoms with Crippen molar-refractivity contribution >= 4 is 17.5 Å². The summed E-state index contributed by atoms with van der Waals surface area (Å²) in [6.07, 6.45) is -3.85. The number of rotatable bonds is 5. The van der Waals surface area contributed by atoms with Crippen LogP contribution in [0.2, 0.25) is 0 Å². The van der Waals surface area contributed by atoms with Gasteiger partial charge < -0.3 is 10.1 Å². The summed E-state index contributed by atoms with van der Waals surface area (Å²) >= 11 is 0. The maximum Gasteiger partial charge on any atom is 0.419 e. The minimum Gasteiger partial charge on any atom is -0.456 e. The Hall–Kier alpha value is -4.53. The molecule has 0 aliphatic heterocycles. The fourth-order valence-corrected chi connectivity index (χ4v) is 3.01. The van der Waals surface area contributed by atoms with Crippen molar-refractivity contribution in [2.75, 3.05) is 5.32 Å². The Bertz CT molecular complexity index is 1370. The summed E-state index contributed by atoms with van der Waals surface area (Å²) in [5, 5.41) is 12.3. The van der Waals surface area contributed by atoms with E-state index in [1.54, 1.807) is 5.32 Å². The number of nitrogens with zero attached hydrogens (tertiary/aromatic N) is 1. The van der Waals surface area contributed by atoms with Crippen LogP contribution in [0.3, 0.4) is 0 Å². The van der Waals surface area contributed by atoms with Gasteiger partial charge in [-0.3, -0.25) is 14.9 Å². The molecule has 180 valence electrons. The third kappa shape index (κ3) is 5.52. The molecule has 0 saturated carbocycles. The van der Waals surface area contributed by atoms with Crippen molar-refractivity contribution in [3.63, 3.8) is 0 Å². The van der Waals surface area contributed by atoms with Gasteiger partial charge in [-0.2, -0.15) is 18.4 Å². The van der Waals surface area contributed by atoms with Gasteiger partial charge in [0.05, 0.1) is 11.1 Å². The summed E-state index contributed by atoms with van der Waals surface area (Å²) in [6, 6.07) is 6.81. The van der Waals surface area contributed by atoms with Crippen LogP contribution in [0.5, 0.6) is 11.5 Å². The maximum absolute atomic E-state index is 14.9. The highest BCUT2D eigenvalue weighted by atomic mass is 19.4. The molecule has 35 heavy (non-hydrogen) atoms. The third-order valence-electron chi connectivity index (χ3n) is 4.63. The van der Waals surface area contributed by atoms with Crippen molar-refractivity contribution in [3.8, 4) is 17.7 Å². The lowest BCUT2D eigenvalue weighted by Gasteiger charge is -2.17. The molecule has 0 spiro atoms. The summed E-state index contributed by atoms with van der Waals surface area (Å²) in [7, 11) is 0. The fraction of sp³-hybridized carbons (Fsp3) is 0.0870. The summed E-state index contributed by atoms with van der Waals surface area (Å²) in [5.74, 6) is -6.87. The molecule has 0 heterocycles. The summed E-state index contributed by atoms with van der Waals surface area (Å²) in [6.45, 7) is 1.42. The maximum atomic E-state index is 14.9. The highest BCUT2D eigenvalue weighted by Gasteiger charge is 2.37. The van der Waals surface area contributed by atoms with Gasteiger partial charge in [0.2, 0.25) is 0 Å². The van der Waals surface area contributed by atoms with E-state index in [0.717, 1.165) is 42.5 Å². The standard InChI is InChI=1S/C23H13F6N3O3/c1-11-8-12(24)2-6-17(11)35-18-7-4-15(23(27,28)29)20(26)19(18)22(34)32-13-3-5-16(25)14(9-13)21(33)31-10-30/h2-9H,1H3,(H,31,33)(H,32,34). The smallest absolute Gasteiger partial charge is 0.419 e. The number of ether oxygens (including phenoxy) is 1. The van der Waals surface area contributed by atoms with Gasteiger partial charge >= 0.3 is 6.18 Å². The molecule has 0 saturated heterocycles. The molecule has 2 N–H and O–H groups in total. The number of carbonyl (C=O) groups is 2. The van der Waals surface area contributed by atoms with Crippen LogP contribution in [0.1, 0.15) is 31.8 Å². The molecule has 0 radical (unpaired) electrons. The highest BCUT2D eigenvalue weighted by Crippen LogP contribution is 2.38. The predicted octanol–water partition coefficient (Wildman–Crippen LogP) is 5.69. The Morgan fingerprint density at radius 1 is 0.943 bits per heavy atom. The van der Waals surface area contributed by atoms with E-state index in [0.29, 0.717) is 6.07 Å². The summed E-state index contributed by atoms with van der Waals surface area (Å²) in [5.41, 5.74) is -3.63. The van der Waals surface area contributed by atoms with Crippen molar-refractivity contribution in [3.05, 3.63) is 88.2 Å². The Labute approximate surface area is 193 Å². The van der Waals surface area contributed by atoms with E-state index in [1.807, 2.05) is 0 Å². The van der Waals surface area contributed by atoms with E-state index in [1.165, 1.54) is 13.1 Å². The number of hydrogen-bond donors (Lipinski definition) is 2. The average Bonchev–Trinajstić information content (AvgIpc) is 2.76. The van der Waals surface area contributed by atoms with Gasteiger partial charge in [0.15, 0.2) is 12.0 Å². The second-order valence-corrected chi connectivity index (χ2v) is 7.02. The fourth-order valence-electron chi connectivity index (χ4n) is 3.01. The van der Waals surface area contributed by atoms with E-state index in [-0.39, 0.29) is 17.0 Å². The first-order chi connectivity index (χ1) is 16.4. The van der Waals surface area contributed by atoms with Gasteiger partial charge in [-0.25, -0.2) is 13.2 Å². The lowest BCUT2D eigenvalue weighted by molar-refractivity contribution is -0.140. The Morgan fingerprint density at radius 3 is 2.26 bits per heavy atom. The average molecular weight is 493 g/mol. The predicted molar refractivity (Wildman–Crippen MR) is 110 cm³/mol. The largest absolute Gasteiger partial charge is 0.456 e. The molecule has 3 aromatic rings. The molecule has 6 nitrogen and oxygen atoms in total. The quantitative estimate of drug-likeness (QED) is 0.272. The van der Waals surface area contributed by atoms with Crippen LogP contribution in [0, 0.1) is 35.8 Å². The molecule has 0 unspecified atom stereocenters. The molecular formula is C23H13F6N3O3. The number of amides is 2. The number of benzene rings is 3. The zero-order chi connectivity index (χ0) is 25.9. The van der Waals surface area contributed by atoms with Crippen LogP contribution in [-0.2, 0) is 6.18 Å². The van der Waals surface area contributed by atoms with Crippen LogP contribution in [0.15, 0.2) is 48.5 Å². The van der Waals surface area contributed by atoms with Crippen LogP contribution in [0.25, 0.3) is 0 Å². The first-order valence-electron chi connectivity index (χ1n) is 9.56. The topological polar surface area (TPSA) is 91.2 Å². The van der Waals surface area contributed by atoms with E-state index < -0.39 is 57.9 Å². The molecule has 0 bridgehead atoms. The first-order valence-corrected chi connectivity index (χ1v) is 9.56. The summed E-state index contributed by atoms with van der Waals surface area (Å²) < 4.78 is 87.5. The van der Waals surface area contributed by atoms with Crippen LogP contribution < -0.4 is 15.4 Å². The van der Waals surface area contributed by atoms with Crippen LogP contribution in [-0.4, -0.2) is 11.8 Å². The van der Waals surface area contributed by atoms with E-state index >= 15 is 0 Å². The molecule has 0 atom stereocenters. The van der Waals surface area contributed by atoms with Gasteiger partial charge in [-0.05, 0) is 61.0 Å². The molecule has 0 aliphatic rings. The molecule has 3 rings (SSSR count). The third-order valence-corrected chi connectivity index (χ3v) is 4.63. The minimum absolute atomic E-state index is 0.0585. The SMILES string of the molecule is Cc1cc(F)ccc1Oc1ccc(C(F)(F)F)c(F)c1C(=O)Nc1ccc(F)c(C(=O)NC#N)c1. The van der Waals surface area contributed by atoms with Gasteiger partial charge in [-0.15, -0.1) is 0 Å². The van der Waals surface area contributed by atoms with Crippen LogP contribution in [0.4, 0.5) is 32.0 Å². The zero-order valence-corrected chi connectivity index (χ0v) is 17.6. The molecule has 0 aliphatic carbocycles. The lowest BCUT2D eigenvalue weighted by Crippen LogP contribution is -2.21. The Kier molecular flexibility index (Phi) is 7.00. The normalized spacial score (nSPS) is 10.9. The van der Waals surface area contributed by atoms with Crippen LogP contribution >= 0.6 is 0 Å². The van der Waals surface area contributed by atoms with Crippen molar-refractivity contribution in [2.45, 2.75) is 13.1 Å². The van der Waals surface area contributed by atoms with Crippen molar-refractivity contribution in [1.29, 1.82) is 5.26 Å². The monoisotopic (exact) mass is 493 g/mol. The molecule has 2 amide bonds. The van der Waals surface area contributed by atoms with Crippen molar-refractivity contribution in [2.24, 2.45) is 0 Å². The number of aryl methyl sites for hydroxylation is 1. The molecule has 12 heteroatoms. The number of alkyl halides is 3. The van der Waals surface area contributed by atoms with Gasteiger partial charge in [-0.1, -0.05) is 0 Å². The number of hydrogen-bond acceptors (Lipinski definition) is 4. The van der Waals surface area contributed by atoms with Gasteiger partial charge in [0.25, 0.3) is 11.8 Å². The number of carbonyl (C=O) groups excluding carboxylic acids is 2. The van der Waals surface area contributed by atoms with Gasteiger partial charge in [0.1, 0.15) is 28.7 Å². The second kappa shape index (κ2) is 9.76. The summed E-state index contributed by atoms with van der Waals surface area (Å²) in [4.78, 5) is 24.6.